The summed E-state index contributed by atoms with van der Waals surface area (Å²) >= 11 is 0. The van der Waals surface area contributed by atoms with Crippen molar-refractivity contribution in [1.82, 2.24) is 4.90 Å². The van der Waals surface area contributed by atoms with Gasteiger partial charge in [0.05, 0.1) is 11.7 Å². The van der Waals surface area contributed by atoms with Gasteiger partial charge in [-0.05, 0) is 56.0 Å². The molecule has 1 N–H and O–H groups in total. The van der Waals surface area contributed by atoms with Crippen LogP contribution in [0, 0.1) is 0 Å². The Morgan fingerprint density at radius 1 is 1.18 bits per heavy atom. The molecule has 2 unspecified atom stereocenters. The van der Waals surface area contributed by atoms with Crippen molar-refractivity contribution >= 4 is 11.6 Å². The normalized spacial score (nSPS) is 24.0. The van der Waals surface area contributed by atoms with Crippen LogP contribution in [0.5, 0.6) is 5.75 Å². The lowest BCUT2D eigenvalue weighted by atomic mass is 9.89. The minimum Gasteiger partial charge on any atom is -0.491 e. The standard InChI is InChI=1S/C23H28N2O3/c1-3-23(24-21-10-6-5-9-20(21)22(26)25(23)4-2)17-11-13-18(14-12-17)28-16-19-8-7-15-27-19/h5-6,9-14,19,24H,3-4,7-8,15-16H2,1-2H3. The Morgan fingerprint density at radius 3 is 2.64 bits per heavy atom. The van der Waals surface area contributed by atoms with Gasteiger partial charge in [0.1, 0.15) is 18.0 Å². The fourth-order valence-corrected chi connectivity index (χ4v) is 4.30. The summed E-state index contributed by atoms with van der Waals surface area (Å²) in [7, 11) is 0. The minimum absolute atomic E-state index is 0.0670. The zero-order chi connectivity index (χ0) is 19.6. The summed E-state index contributed by atoms with van der Waals surface area (Å²) in [6, 6.07) is 15.8. The van der Waals surface area contributed by atoms with Crippen LogP contribution in [-0.2, 0) is 10.4 Å². The van der Waals surface area contributed by atoms with Gasteiger partial charge in [0, 0.05) is 18.8 Å². The predicted octanol–water partition coefficient (Wildman–Crippen LogP) is 4.40. The summed E-state index contributed by atoms with van der Waals surface area (Å²) in [5.74, 6) is 0.897. The number of anilines is 1. The second-order valence-corrected chi connectivity index (χ2v) is 7.40. The lowest BCUT2D eigenvalue weighted by Gasteiger charge is -2.48. The molecule has 1 amide bonds. The molecule has 1 fully saturated rings. The van der Waals surface area contributed by atoms with E-state index in [4.69, 9.17) is 9.47 Å². The van der Waals surface area contributed by atoms with E-state index in [9.17, 15) is 4.79 Å². The number of hydrogen-bond acceptors (Lipinski definition) is 4. The van der Waals surface area contributed by atoms with Crippen molar-refractivity contribution in [2.45, 2.75) is 44.9 Å². The van der Waals surface area contributed by atoms with Gasteiger partial charge in [-0.2, -0.15) is 0 Å². The summed E-state index contributed by atoms with van der Waals surface area (Å²) in [5.41, 5.74) is 2.11. The smallest absolute Gasteiger partial charge is 0.258 e. The van der Waals surface area contributed by atoms with Crippen LogP contribution in [0.15, 0.2) is 48.5 Å². The fraction of sp³-hybridized carbons (Fsp3) is 0.435. The molecular formula is C23H28N2O3. The number of para-hydroxylation sites is 1. The van der Waals surface area contributed by atoms with Gasteiger partial charge < -0.3 is 19.7 Å². The molecule has 2 atom stereocenters. The van der Waals surface area contributed by atoms with E-state index in [1.54, 1.807) is 0 Å². The lowest BCUT2D eigenvalue weighted by Crippen LogP contribution is -2.57. The van der Waals surface area contributed by atoms with E-state index in [-0.39, 0.29) is 12.0 Å². The van der Waals surface area contributed by atoms with Crippen LogP contribution >= 0.6 is 0 Å². The Morgan fingerprint density at radius 2 is 1.96 bits per heavy atom. The van der Waals surface area contributed by atoms with Crippen molar-refractivity contribution in [3.63, 3.8) is 0 Å². The van der Waals surface area contributed by atoms with E-state index in [2.05, 4.69) is 24.4 Å². The first-order chi connectivity index (χ1) is 13.7. The minimum atomic E-state index is -0.562. The molecular weight excluding hydrogens is 352 g/mol. The SMILES string of the molecule is CCN1C(=O)c2ccccc2NC1(CC)c1ccc(OCC2CCCO2)cc1. The number of hydrogen-bond donors (Lipinski definition) is 1. The molecule has 5 heteroatoms. The maximum absolute atomic E-state index is 13.2. The number of amides is 1. The molecule has 2 aromatic carbocycles. The molecule has 1 saturated heterocycles. The topological polar surface area (TPSA) is 50.8 Å². The first kappa shape index (κ1) is 18.8. The third-order valence-electron chi connectivity index (χ3n) is 5.82. The van der Waals surface area contributed by atoms with Gasteiger partial charge in [-0.1, -0.05) is 31.2 Å². The van der Waals surface area contributed by atoms with Crippen LogP contribution < -0.4 is 10.1 Å². The van der Waals surface area contributed by atoms with Gasteiger partial charge in [-0.3, -0.25) is 4.79 Å². The molecule has 28 heavy (non-hydrogen) atoms. The van der Waals surface area contributed by atoms with Crippen molar-refractivity contribution < 1.29 is 14.3 Å². The zero-order valence-electron chi connectivity index (χ0n) is 16.6. The number of ether oxygens (including phenoxy) is 2. The number of carbonyl (C=O) groups excluding carboxylic acids is 1. The van der Waals surface area contributed by atoms with Gasteiger partial charge in [0.2, 0.25) is 0 Å². The second kappa shape index (κ2) is 7.84. The van der Waals surface area contributed by atoms with Crippen molar-refractivity contribution in [3.8, 4) is 5.75 Å². The molecule has 2 aromatic rings. The molecule has 0 aromatic heterocycles. The zero-order valence-corrected chi connectivity index (χ0v) is 16.6. The summed E-state index contributed by atoms with van der Waals surface area (Å²) in [5, 5.41) is 3.65. The maximum Gasteiger partial charge on any atom is 0.258 e. The average Bonchev–Trinajstić information content (AvgIpc) is 3.26. The first-order valence-electron chi connectivity index (χ1n) is 10.2. The molecule has 2 aliphatic rings. The molecule has 4 rings (SSSR count). The van der Waals surface area contributed by atoms with Crippen molar-refractivity contribution in [3.05, 3.63) is 59.7 Å². The number of nitrogens with zero attached hydrogens (tertiary/aromatic N) is 1. The predicted molar refractivity (Wildman–Crippen MR) is 110 cm³/mol. The summed E-state index contributed by atoms with van der Waals surface area (Å²) < 4.78 is 11.5. The van der Waals surface area contributed by atoms with Gasteiger partial charge in [0.15, 0.2) is 0 Å². The Bertz CT molecular complexity index is 830. The number of carbonyl (C=O) groups is 1. The van der Waals surface area contributed by atoms with Gasteiger partial charge in [0.25, 0.3) is 5.91 Å². The highest BCUT2D eigenvalue weighted by Crippen LogP contribution is 2.40. The molecule has 0 saturated carbocycles. The largest absolute Gasteiger partial charge is 0.491 e. The van der Waals surface area contributed by atoms with Gasteiger partial charge in [-0.25, -0.2) is 0 Å². The van der Waals surface area contributed by atoms with Gasteiger partial charge >= 0.3 is 0 Å². The molecule has 0 bridgehead atoms. The van der Waals surface area contributed by atoms with E-state index in [1.807, 2.05) is 48.2 Å². The summed E-state index contributed by atoms with van der Waals surface area (Å²) in [6.45, 7) is 6.18. The maximum atomic E-state index is 13.2. The van der Waals surface area contributed by atoms with Crippen LogP contribution in [0.25, 0.3) is 0 Å². The molecule has 5 nitrogen and oxygen atoms in total. The Hall–Kier alpha value is -2.53. The number of rotatable bonds is 6. The van der Waals surface area contributed by atoms with Crippen molar-refractivity contribution in [2.24, 2.45) is 0 Å². The number of nitrogens with one attached hydrogen (secondary N) is 1. The van der Waals surface area contributed by atoms with E-state index < -0.39 is 5.66 Å². The Kier molecular flexibility index (Phi) is 5.27. The van der Waals surface area contributed by atoms with Crippen LogP contribution in [0.3, 0.4) is 0 Å². The Balaban J connectivity index is 1.60. The quantitative estimate of drug-likeness (QED) is 0.807. The highest BCUT2D eigenvalue weighted by atomic mass is 16.5. The van der Waals surface area contributed by atoms with E-state index >= 15 is 0 Å². The van der Waals surface area contributed by atoms with E-state index in [0.717, 1.165) is 48.4 Å². The van der Waals surface area contributed by atoms with Crippen LogP contribution in [0.4, 0.5) is 5.69 Å². The van der Waals surface area contributed by atoms with Crippen LogP contribution in [-0.4, -0.2) is 36.7 Å². The van der Waals surface area contributed by atoms with E-state index in [1.165, 1.54) is 0 Å². The monoisotopic (exact) mass is 380 g/mol. The number of benzene rings is 2. The Labute approximate surface area is 166 Å². The second-order valence-electron chi connectivity index (χ2n) is 7.40. The summed E-state index contributed by atoms with van der Waals surface area (Å²) in [4.78, 5) is 15.1. The van der Waals surface area contributed by atoms with E-state index in [0.29, 0.717) is 13.2 Å². The van der Waals surface area contributed by atoms with Gasteiger partial charge in [-0.15, -0.1) is 0 Å². The fourth-order valence-electron chi connectivity index (χ4n) is 4.30. The van der Waals surface area contributed by atoms with Crippen molar-refractivity contribution in [2.75, 3.05) is 25.1 Å². The third kappa shape index (κ3) is 3.24. The van der Waals surface area contributed by atoms with Crippen LogP contribution in [0.2, 0.25) is 0 Å². The highest BCUT2D eigenvalue weighted by Gasteiger charge is 2.43. The highest BCUT2D eigenvalue weighted by molar-refractivity contribution is 6.02. The summed E-state index contributed by atoms with van der Waals surface area (Å²) in [6.07, 6.45) is 3.14. The molecule has 2 heterocycles. The molecule has 0 aliphatic carbocycles. The molecule has 0 spiro atoms. The molecule has 2 aliphatic heterocycles. The lowest BCUT2D eigenvalue weighted by molar-refractivity contribution is 0.0502. The first-order valence-corrected chi connectivity index (χ1v) is 10.2. The molecule has 0 radical (unpaired) electrons. The van der Waals surface area contributed by atoms with Crippen molar-refractivity contribution in [1.29, 1.82) is 0 Å². The molecule has 148 valence electrons. The third-order valence-corrected chi connectivity index (χ3v) is 5.82. The van der Waals surface area contributed by atoms with Crippen LogP contribution in [0.1, 0.15) is 49.0 Å². The average molecular weight is 380 g/mol. The number of fused-ring (bicyclic) bond motifs is 1.